The van der Waals surface area contributed by atoms with Gasteiger partial charge < -0.3 is 15.2 Å². The van der Waals surface area contributed by atoms with Crippen molar-refractivity contribution in [2.75, 3.05) is 13.6 Å². The number of aromatic nitrogens is 2. The lowest BCUT2D eigenvalue weighted by Gasteiger charge is -2.31. The van der Waals surface area contributed by atoms with Crippen molar-refractivity contribution in [2.24, 2.45) is 5.73 Å². The van der Waals surface area contributed by atoms with E-state index in [1.807, 2.05) is 30.3 Å². The number of carbonyl (C=O) groups excluding carboxylic acids is 2. The maximum absolute atomic E-state index is 12.8. The van der Waals surface area contributed by atoms with Crippen LogP contribution in [0.2, 0.25) is 0 Å². The molecule has 2 rings (SSSR count). The fourth-order valence-corrected chi connectivity index (χ4v) is 2.48. The summed E-state index contributed by atoms with van der Waals surface area (Å²) in [4.78, 5) is 29.7. The average Bonchev–Trinajstić information content (AvgIpc) is 3.03. The summed E-state index contributed by atoms with van der Waals surface area (Å²) in [6, 6.07) is 9.96. The molecule has 0 saturated carbocycles. The fourth-order valence-electron chi connectivity index (χ4n) is 2.48. The Balaban J connectivity index is 2.11. The zero-order valence-corrected chi connectivity index (χ0v) is 13.6. The van der Waals surface area contributed by atoms with Gasteiger partial charge in [-0.05, 0) is 25.8 Å². The third kappa shape index (κ3) is 3.59. The molecule has 1 aromatic carbocycles. The van der Waals surface area contributed by atoms with E-state index in [0.29, 0.717) is 6.54 Å². The number of hydrogen-bond acceptors (Lipinski definition) is 3. The summed E-state index contributed by atoms with van der Waals surface area (Å²) in [5, 5.41) is 0. The van der Waals surface area contributed by atoms with Crippen molar-refractivity contribution in [2.45, 2.75) is 25.8 Å². The molecule has 0 aliphatic carbocycles. The molecule has 121 valence electrons. The summed E-state index contributed by atoms with van der Waals surface area (Å²) >= 11 is 0. The van der Waals surface area contributed by atoms with E-state index in [1.165, 1.54) is 16.3 Å². The summed E-state index contributed by atoms with van der Waals surface area (Å²) in [6.07, 6.45) is 4.82. The number of nitrogens with two attached hydrogens (primary N) is 1. The van der Waals surface area contributed by atoms with Crippen molar-refractivity contribution in [3.05, 3.63) is 54.1 Å². The van der Waals surface area contributed by atoms with Crippen molar-refractivity contribution in [1.29, 1.82) is 0 Å². The fraction of sp³-hybridized carbons (Fsp3) is 0.353. The van der Waals surface area contributed by atoms with E-state index in [1.54, 1.807) is 25.8 Å². The van der Waals surface area contributed by atoms with Gasteiger partial charge in [0.25, 0.3) is 5.91 Å². The second-order valence-corrected chi connectivity index (χ2v) is 5.95. The van der Waals surface area contributed by atoms with Crippen LogP contribution in [0.3, 0.4) is 0 Å². The Morgan fingerprint density at radius 1 is 1.30 bits per heavy atom. The highest BCUT2D eigenvalue weighted by atomic mass is 16.2. The van der Waals surface area contributed by atoms with Gasteiger partial charge in [0.05, 0.1) is 0 Å². The number of hydrogen-bond donors (Lipinski definition) is 1. The van der Waals surface area contributed by atoms with Crippen LogP contribution in [0.1, 0.15) is 30.0 Å². The maximum Gasteiger partial charge on any atom is 0.284 e. The van der Waals surface area contributed by atoms with Gasteiger partial charge in [0.2, 0.25) is 5.91 Å². The molecule has 1 aromatic heterocycles. The van der Waals surface area contributed by atoms with E-state index in [2.05, 4.69) is 11.2 Å². The quantitative estimate of drug-likeness (QED) is 0.870. The van der Waals surface area contributed by atoms with E-state index < -0.39 is 11.4 Å². The number of rotatable bonds is 6. The van der Waals surface area contributed by atoms with Crippen LogP contribution in [-0.4, -0.2) is 39.9 Å². The molecule has 0 saturated heterocycles. The van der Waals surface area contributed by atoms with Crippen LogP contribution in [0.4, 0.5) is 0 Å². The number of carbonyl (C=O) groups is 2. The highest BCUT2D eigenvalue weighted by molar-refractivity contribution is 5.91. The second-order valence-electron chi connectivity index (χ2n) is 5.95. The number of amides is 2. The highest BCUT2D eigenvalue weighted by Crippen LogP contribution is 2.20. The van der Waals surface area contributed by atoms with E-state index in [0.717, 1.165) is 6.42 Å². The van der Waals surface area contributed by atoms with Crippen LogP contribution in [0.25, 0.3) is 0 Å². The largest absolute Gasteiger partial charge is 0.363 e. The van der Waals surface area contributed by atoms with Crippen molar-refractivity contribution in [3.8, 4) is 0 Å². The van der Waals surface area contributed by atoms with Gasteiger partial charge in [-0.25, -0.2) is 4.98 Å². The third-order valence-electron chi connectivity index (χ3n) is 3.86. The number of imidazole rings is 1. The smallest absolute Gasteiger partial charge is 0.284 e. The molecular weight excluding hydrogens is 292 g/mol. The predicted molar refractivity (Wildman–Crippen MR) is 86.7 cm³/mol. The molecule has 0 fully saturated rings. The van der Waals surface area contributed by atoms with Crippen molar-refractivity contribution in [1.82, 2.24) is 14.5 Å². The molecule has 1 radical (unpaired) electrons. The minimum Gasteiger partial charge on any atom is -0.363 e. The molecular formula is C17H21N4O2. The normalized spacial score (nSPS) is 11.3. The van der Waals surface area contributed by atoms with Gasteiger partial charge in [0, 0.05) is 19.8 Å². The van der Waals surface area contributed by atoms with Crippen molar-refractivity contribution >= 4 is 11.8 Å². The van der Waals surface area contributed by atoms with Crippen LogP contribution >= 0.6 is 0 Å². The summed E-state index contributed by atoms with van der Waals surface area (Å²) in [5.74, 6) is -0.777. The Kier molecular flexibility index (Phi) is 4.83. The van der Waals surface area contributed by atoms with E-state index in [9.17, 15) is 9.59 Å². The summed E-state index contributed by atoms with van der Waals surface area (Å²) in [6.45, 7) is 4.04. The lowest BCUT2D eigenvalue weighted by Crippen LogP contribution is -2.47. The molecule has 1 heterocycles. The standard InChI is InChI=1S/C17H21N4O2/c1-17(2,21-12-10-19-15(21)14(18)22)16(23)20(3)11-9-13-7-5-4-6-8-13/h4-8,12H,9,11H2,1-3H3,(H2,18,22). The first-order valence-electron chi connectivity index (χ1n) is 7.39. The molecule has 0 bridgehead atoms. The van der Waals surface area contributed by atoms with Gasteiger partial charge in [0.1, 0.15) is 11.7 Å². The Hall–Kier alpha value is -2.63. The SMILES string of the molecule is CN(CCc1ccccc1)C(=O)C(C)(C)n1c[c]nc1C(N)=O. The van der Waals surface area contributed by atoms with Crippen LogP contribution < -0.4 is 5.73 Å². The predicted octanol–water partition coefficient (Wildman–Crippen LogP) is 1.22. The van der Waals surface area contributed by atoms with Crippen LogP contribution in [-0.2, 0) is 16.8 Å². The molecule has 2 amide bonds. The molecule has 6 heteroatoms. The number of nitrogens with zero attached hydrogens (tertiary/aromatic N) is 3. The Labute approximate surface area is 135 Å². The molecule has 2 aromatic rings. The minimum atomic E-state index is -0.969. The monoisotopic (exact) mass is 313 g/mol. The number of benzene rings is 1. The molecule has 23 heavy (non-hydrogen) atoms. The Morgan fingerprint density at radius 2 is 1.96 bits per heavy atom. The topological polar surface area (TPSA) is 81.2 Å². The number of primary amides is 1. The van der Waals surface area contributed by atoms with Crippen LogP contribution in [0.15, 0.2) is 36.5 Å². The van der Waals surface area contributed by atoms with Crippen molar-refractivity contribution < 1.29 is 9.59 Å². The Bertz CT molecular complexity index is 692. The molecule has 0 atom stereocenters. The second kappa shape index (κ2) is 6.64. The molecule has 0 unspecified atom stereocenters. The van der Waals surface area contributed by atoms with Gasteiger partial charge in [-0.2, -0.15) is 0 Å². The zero-order valence-electron chi connectivity index (χ0n) is 13.6. The van der Waals surface area contributed by atoms with Crippen LogP contribution in [0, 0.1) is 6.20 Å². The average molecular weight is 313 g/mol. The molecule has 6 nitrogen and oxygen atoms in total. The lowest BCUT2D eigenvalue weighted by atomic mass is 10.0. The highest BCUT2D eigenvalue weighted by Gasteiger charge is 2.34. The molecule has 0 spiro atoms. The molecule has 0 aliphatic heterocycles. The summed E-state index contributed by atoms with van der Waals surface area (Å²) in [5.41, 5.74) is 5.50. The maximum atomic E-state index is 12.8. The van der Waals surface area contributed by atoms with Gasteiger partial charge in [-0.3, -0.25) is 9.59 Å². The Morgan fingerprint density at radius 3 is 2.57 bits per heavy atom. The van der Waals surface area contributed by atoms with Gasteiger partial charge >= 0.3 is 0 Å². The lowest BCUT2D eigenvalue weighted by molar-refractivity contribution is -0.137. The van der Waals surface area contributed by atoms with Crippen molar-refractivity contribution in [3.63, 3.8) is 0 Å². The summed E-state index contributed by atoms with van der Waals surface area (Å²) in [7, 11) is 1.75. The first kappa shape index (κ1) is 16.7. The van der Waals surface area contributed by atoms with E-state index in [-0.39, 0.29) is 11.7 Å². The molecule has 2 N–H and O–H groups in total. The van der Waals surface area contributed by atoms with Gasteiger partial charge in [-0.1, -0.05) is 30.3 Å². The van der Waals surface area contributed by atoms with E-state index in [4.69, 9.17) is 5.73 Å². The van der Waals surface area contributed by atoms with Crippen LogP contribution in [0.5, 0.6) is 0 Å². The third-order valence-corrected chi connectivity index (χ3v) is 3.86. The minimum absolute atomic E-state index is 0.0276. The molecule has 0 aliphatic rings. The van der Waals surface area contributed by atoms with Gasteiger partial charge in [0.15, 0.2) is 5.82 Å². The first-order chi connectivity index (χ1) is 10.8. The van der Waals surface area contributed by atoms with Gasteiger partial charge in [-0.15, -0.1) is 0 Å². The first-order valence-corrected chi connectivity index (χ1v) is 7.39. The summed E-state index contributed by atoms with van der Waals surface area (Å²) < 4.78 is 1.47. The number of likely N-dealkylation sites (N-methyl/N-ethyl adjacent to an activating group) is 1. The zero-order chi connectivity index (χ0) is 17.0. The van der Waals surface area contributed by atoms with E-state index >= 15 is 0 Å².